The van der Waals surface area contributed by atoms with E-state index in [2.05, 4.69) is 10.1 Å². The second kappa shape index (κ2) is 9.70. The van der Waals surface area contributed by atoms with Gasteiger partial charge in [0.05, 0.1) is 17.2 Å². The SMILES string of the molecule is CN(CCOc1ccc(Cl)cc1)C(=O)Nc1cc([N+](=O)[O-])ccc1OC(F)F. The lowest BCUT2D eigenvalue weighted by molar-refractivity contribution is -0.384. The molecule has 0 aliphatic rings. The number of likely N-dealkylation sites (N-methyl/N-ethyl adjacent to an activating group) is 1. The van der Waals surface area contributed by atoms with Crippen LogP contribution in [0, 0.1) is 10.1 Å². The molecule has 0 aliphatic carbocycles. The molecule has 28 heavy (non-hydrogen) atoms. The standard InChI is InChI=1S/C17H16ClF2N3O5/c1-22(8-9-27-13-5-2-11(18)3-6-13)17(24)21-14-10-12(23(25)26)4-7-15(14)28-16(19)20/h2-7,10,16H,8-9H2,1H3,(H,21,24). The molecule has 0 saturated carbocycles. The Hall–Kier alpha value is -3.14. The first-order valence-corrected chi connectivity index (χ1v) is 8.28. The molecule has 0 heterocycles. The maximum absolute atomic E-state index is 12.5. The van der Waals surface area contributed by atoms with Gasteiger partial charge in [0.2, 0.25) is 0 Å². The third kappa shape index (κ3) is 6.23. The number of ether oxygens (including phenoxy) is 2. The zero-order valence-corrected chi connectivity index (χ0v) is 15.4. The largest absolute Gasteiger partial charge is 0.492 e. The molecule has 0 aromatic heterocycles. The first kappa shape index (κ1) is 21.2. The predicted molar refractivity (Wildman–Crippen MR) is 98.3 cm³/mol. The van der Waals surface area contributed by atoms with Gasteiger partial charge in [0.25, 0.3) is 5.69 Å². The molecule has 2 aromatic rings. The van der Waals surface area contributed by atoms with Crippen molar-refractivity contribution in [1.29, 1.82) is 0 Å². The summed E-state index contributed by atoms with van der Waals surface area (Å²) >= 11 is 5.77. The molecule has 8 nitrogen and oxygen atoms in total. The molecule has 0 fully saturated rings. The average molecular weight is 416 g/mol. The minimum Gasteiger partial charge on any atom is -0.492 e. The van der Waals surface area contributed by atoms with Crippen LogP contribution in [-0.2, 0) is 0 Å². The zero-order chi connectivity index (χ0) is 20.7. The molecular weight excluding hydrogens is 400 g/mol. The van der Waals surface area contributed by atoms with Crippen LogP contribution in [0.2, 0.25) is 5.02 Å². The number of hydrogen-bond donors (Lipinski definition) is 1. The quantitative estimate of drug-likeness (QED) is 0.509. The van der Waals surface area contributed by atoms with E-state index >= 15 is 0 Å². The van der Waals surface area contributed by atoms with Crippen LogP contribution in [-0.4, -0.2) is 42.7 Å². The number of anilines is 1. The van der Waals surface area contributed by atoms with Crippen molar-refractivity contribution in [2.75, 3.05) is 25.5 Å². The minimum absolute atomic E-state index is 0.154. The Kier molecular flexibility index (Phi) is 7.33. The number of nitro benzene ring substituents is 1. The fourth-order valence-electron chi connectivity index (χ4n) is 2.07. The number of nitrogens with one attached hydrogen (secondary N) is 1. The highest BCUT2D eigenvalue weighted by molar-refractivity contribution is 6.30. The number of nitrogens with zero attached hydrogens (tertiary/aromatic N) is 2. The summed E-state index contributed by atoms with van der Waals surface area (Å²) in [6.07, 6.45) is 0. The molecule has 150 valence electrons. The fraction of sp³-hybridized carbons (Fsp3) is 0.235. The van der Waals surface area contributed by atoms with Gasteiger partial charge in [-0.1, -0.05) is 11.6 Å². The van der Waals surface area contributed by atoms with Crippen LogP contribution in [0.15, 0.2) is 42.5 Å². The number of amides is 2. The molecule has 0 bridgehead atoms. The summed E-state index contributed by atoms with van der Waals surface area (Å²) in [5.41, 5.74) is -0.629. The van der Waals surface area contributed by atoms with E-state index in [9.17, 15) is 23.7 Å². The summed E-state index contributed by atoms with van der Waals surface area (Å²) < 4.78 is 34.8. The monoisotopic (exact) mass is 415 g/mol. The molecule has 0 radical (unpaired) electrons. The normalized spacial score (nSPS) is 10.5. The molecule has 2 rings (SSSR count). The summed E-state index contributed by atoms with van der Waals surface area (Å²) in [6, 6.07) is 8.88. The van der Waals surface area contributed by atoms with Gasteiger partial charge < -0.3 is 19.7 Å². The Bertz CT molecular complexity index is 836. The molecule has 0 spiro atoms. The van der Waals surface area contributed by atoms with Crippen LogP contribution in [0.5, 0.6) is 11.5 Å². The Morgan fingerprint density at radius 1 is 1.29 bits per heavy atom. The Balaban J connectivity index is 1.98. The summed E-state index contributed by atoms with van der Waals surface area (Å²) in [7, 11) is 1.45. The van der Waals surface area contributed by atoms with Crippen molar-refractivity contribution < 1.29 is 28.0 Å². The Morgan fingerprint density at radius 2 is 1.96 bits per heavy atom. The highest BCUT2D eigenvalue weighted by Crippen LogP contribution is 2.30. The highest BCUT2D eigenvalue weighted by atomic mass is 35.5. The summed E-state index contributed by atoms with van der Waals surface area (Å²) in [4.78, 5) is 23.6. The molecule has 2 amide bonds. The van der Waals surface area contributed by atoms with E-state index in [-0.39, 0.29) is 30.3 Å². The van der Waals surface area contributed by atoms with Crippen molar-refractivity contribution in [3.8, 4) is 11.5 Å². The number of urea groups is 1. The van der Waals surface area contributed by atoms with E-state index in [1.807, 2.05) is 0 Å². The van der Waals surface area contributed by atoms with E-state index in [1.54, 1.807) is 24.3 Å². The maximum Gasteiger partial charge on any atom is 0.387 e. The molecule has 2 aromatic carbocycles. The number of benzene rings is 2. The molecular formula is C17H16ClF2N3O5. The van der Waals surface area contributed by atoms with Crippen molar-refractivity contribution in [3.63, 3.8) is 0 Å². The van der Waals surface area contributed by atoms with E-state index in [1.165, 1.54) is 11.9 Å². The maximum atomic E-state index is 12.5. The lowest BCUT2D eigenvalue weighted by Crippen LogP contribution is -2.34. The van der Waals surface area contributed by atoms with Gasteiger partial charge in [-0.2, -0.15) is 8.78 Å². The first-order chi connectivity index (χ1) is 13.3. The van der Waals surface area contributed by atoms with E-state index in [0.29, 0.717) is 10.8 Å². The first-order valence-electron chi connectivity index (χ1n) is 7.90. The van der Waals surface area contributed by atoms with Gasteiger partial charge in [-0.3, -0.25) is 10.1 Å². The van der Waals surface area contributed by atoms with E-state index in [4.69, 9.17) is 16.3 Å². The van der Waals surface area contributed by atoms with Gasteiger partial charge in [0.15, 0.2) is 0 Å². The van der Waals surface area contributed by atoms with Crippen molar-refractivity contribution in [3.05, 3.63) is 57.6 Å². The van der Waals surface area contributed by atoms with Crippen LogP contribution in [0.4, 0.5) is 25.0 Å². The van der Waals surface area contributed by atoms with Crippen molar-refractivity contribution in [2.45, 2.75) is 6.61 Å². The predicted octanol–water partition coefficient (Wildman–Crippen LogP) is 4.39. The molecule has 1 N–H and O–H groups in total. The number of rotatable bonds is 8. The number of carbonyl (C=O) groups excluding carboxylic acids is 1. The Morgan fingerprint density at radius 3 is 2.57 bits per heavy atom. The third-order valence-corrected chi connectivity index (χ3v) is 3.74. The smallest absolute Gasteiger partial charge is 0.387 e. The zero-order valence-electron chi connectivity index (χ0n) is 14.6. The van der Waals surface area contributed by atoms with Gasteiger partial charge in [0.1, 0.15) is 18.1 Å². The number of hydrogen-bond acceptors (Lipinski definition) is 5. The molecule has 0 atom stereocenters. The number of alkyl halides is 2. The summed E-state index contributed by atoms with van der Waals surface area (Å²) in [5, 5.41) is 13.7. The number of carbonyl (C=O) groups is 1. The molecule has 0 saturated heterocycles. The second-order valence-corrected chi connectivity index (χ2v) is 5.91. The molecule has 0 unspecified atom stereocenters. The number of non-ortho nitro benzene ring substituents is 1. The van der Waals surface area contributed by atoms with Gasteiger partial charge in [-0.15, -0.1) is 0 Å². The molecule has 11 heteroatoms. The molecule has 0 aliphatic heterocycles. The van der Waals surface area contributed by atoms with Crippen LogP contribution >= 0.6 is 11.6 Å². The van der Waals surface area contributed by atoms with E-state index in [0.717, 1.165) is 18.2 Å². The summed E-state index contributed by atoms with van der Waals surface area (Å²) in [6.45, 7) is -2.84. The van der Waals surface area contributed by atoms with Crippen molar-refractivity contribution in [1.82, 2.24) is 4.90 Å². The summed E-state index contributed by atoms with van der Waals surface area (Å²) in [5.74, 6) is 0.171. The topological polar surface area (TPSA) is 93.9 Å². The third-order valence-electron chi connectivity index (χ3n) is 3.49. The van der Waals surface area contributed by atoms with Gasteiger partial charge in [0, 0.05) is 24.2 Å². The highest BCUT2D eigenvalue weighted by Gasteiger charge is 2.18. The van der Waals surface area contributed by atoms with Gasteiger partial charge in [-0.05, 0) is 30.3 Å². The minimum atomic E-state index is -3.15. The van der Waals surface area contributed by atoms with Crippen LogP contribution in [0.25, 0.3) is 0 Å². The lowest BCUT2D eigenvalue weighted by atomic mass is 10.2. The van der Waals surface area contributed by atoms with Gasteiger partial charge >= 0.3 is 12.6 Å². The lowest BCUT2D eigenvalue weighted by Gasteiger charge is -2.19. The van der Waals surface area contributed by atoms with Crippen molar-refractivity contribution in [2.24, 2.45) is 0 Å². The van der Waals surface area contributed by atoms with Crippen LogP contribution < -0.4 is 14.8 Å². The van der Waals surface area contributed by atoms with Gasteiger partial charge in [-0.25, -0.2) is 4.79 Å². The van der Waals surface area contributed by atoms with Crippen LogP contribution in [0.1, 0.15) is 0 Å². The van der Waals surface area contributed by atoms with Crippen molar-refractivity contribution >= 4 is 29.0 Å². The second-order valence-electron chi connectivity index (χ2n) is 5.47. The fourth-order valence-corrected chi connectivity index (χ4v) is 2.20. The average Bonchev–Trinajstić information content (AvgIpc) is 2.64. The van der Waals surface area contributed by atoms with E-state index < -0.39 is 17.6 Å². The number of halogens is 3. The number of nitro groups is 1. The Labute approximate surface area is 163 Å². The van der Waals surface area contributed by atoms with Crippen LogP contribution in [0.3, 0.4) is 0 Å².